The van der Waals surface area contributed by atoms with Gasteiger partial charge >= 0.3 is 6.61 Å². The number of imidazole rings is 1. The number of hydrogen-bond donors (Lipinski definition) is 0. The van der Waals surface area contributed by atoms with Crippen LogP contribution in [0.15, 0.2) is 53.9 Å². The van der Waals surface area contributed by atoms with Gasteiger partial charge in [0.15, 0.2) is 11.5 Å². The van der Waals surface area contributed by atoms with Crippen LogP contribution in [0.4, 0.5) is 8.78 Å². The number of halogens is 2. The Morgan fingerprint density at radius 1 is 1.17 bits per heavy atom. The summed E-state index contributed by atoms with van der Waals surface area (Å²) in [5, 5.41) is 4.32. The summed E-state index contributed by atoms with van der Waals surface area (Å²) in [4.78, 5) is 4.23. The van der Waals surface area contributed by atoms with Crippen LogP contribution in [0.5, 0.6) is 11.5 Å². The molecule has 0 saturated carbocycles. The number of nitrogens with zero attached hydrogens (tertiary/aromatic N) is 3. The van der Waals surface area contributed by atoms with Crippen LogP contribution < -0.4 is 9.47 Å². The minimum atomic E-state index is -2.90. The van der Waals surface area contributed by atoms with Gasteiger partial charge in [-0.25, -0.2) is 9.66 Å². The van der Waals surface area contributed by atoms with Crippen molar-refractivity contribution in [1.82, 2.24) is 9.66 Å². The average Bonchev–Trinajstić information content (AvgIpc) is 2.96. The van der Waals surface area contributed by atoms with Crippen molar-refractivity contribution < 1.29 is 18.3 Å². The molecular weight excluding hydrogens is 304 g/mol. The minimum absolute atomic E-state index is 0.0206. The summed E-state index contributed by atoms with van der Waals surface area (Å²) in [6.07, 6.45) is 3.19. The van der Waals surface area contributed by atoms with E-state index in [2.05, 4.69) is 14.8 Å². The minimum Gasteiger partial charge on any atom is -0.493 e. The Hall–Kier alpha value is -2.96. The van der Waals surface area contributed by atoms with E-state index < -0.39 is 6.61 Å². The molecule has 0 aliphatic carbocycles. The van der Waals surface area contributed by atoms with Crippen molar-refractivity contribution in [2.24, 2.45) is 5.10 Å². The molecule has 0 radical (unpaired) electrons. The van der Waals surface area contributed by atoms with Gasteiger partial charge in [0.05, 0.1) is 24.4 Å². The maximum absolute atomic E-state index is 12.3. The van der Waals surface area contributed by atoms with Crippen molar-refractivity contribution in [2.75, 3.05) is 7.11 Å². The smallest absolute Gasteiger partial charge is 0.387 e. The van der Waals surface area contributed by atoms with Gasteiger partial charge in [0.2, 0.25) is 0 Å². The van der Waals surface area contributed by atoms with E-state index in [0.29, 0.717) is 5.56 Å². The summed E-state index contributed by atoms with van der Waals surface area (Å²) in [5.74, 6) is 0.192. The Kier molecular flexibility index (Phi) is 4.18. The zero-order valence-corrected chi connectivity index (χ0v) is 12.2. The summed E-state index contributed by atoms with van der Waals surface area (Å²) >= 11 is 0. The lowest BCUT2D eigenvalue weighted by Gasteiger charge is -2.09. The molecule has 0 spiro atoms. The van der Waals surface area contributed by atoms with E-state index >= 15 is 0 Å². The predicted octanol–water partition coefficient (Wildman–Crippen LogP) is 3.53. The van der Waals surface area contributed by atoms with E-state index in [1.54, 1.807) is 29.4 Å². The highest BCUT2D eigenvalue weighted by Crippen LogP contribution is 2.29. The highest BCUT2D eigenvalue weighted by atomic mass is 19.3. The van der Waals surface area contributed by atoms with Crippen molar-refractivity contribution in [3.8, 4) is 11.5 Å². The van der Waals surface area contributed by atoms with E-state index in [1.807, 2.05) is 24.3 Å². The fourth-order valence-electron chi connectivity index (χ4n) is 2.12. The zero-order valence-electron chi connectivity index (χ0n) is 12.2. The summed E-state index contributed by atoms with van der Waals surface area (Å²) in [5.41, 5.74) is 2.39. The number of aromatic nitrogens is 2. The number of ether oxygens (including phenoxy) is 2. The number of fused-ring (bicyclic) bond motifs is 1. The normalized spacial score (nSPS) is 11.5. The largest absolute Gasteiger partial charge is 0.493 e. The molecule has 0 fully saturated rings. The first kappa shape index (κ1) is 15.0. The second kappa shape index (κ2) is 6.43. The van der Waals surface area contributed by atoms with Crippen LogP contribution in [-0.2, 0) is 0 Å². The first-order chi connectivity index (χ1) is 11.2. The first-order valence-electron chi connectivity index (χ1n) is 6.76. The van der Waals surface area contributed by atoms with Crippen molar-refractivity contribution in [3.63, 3.8) is 0 Å². The van der Waals surface area contributed by atoms with Crippen LogP contribution in [0, 0.1) is 0 Å². The Bertz CT molecular complexity index is 846. The molecule has 118 valence electrons. The molecule has 23 heavy (non-hydrogen) atoms. The van der Waals surface area contributed by atoms with E-state index in [4.69, 9.17) is 4.74 Å². The molecule has 0 atom stereocenters. The molecule has 1 heterocycles. The highest BCUT2D eigenvalue weighted by molar-refractivity contribution is 5.82. The van der Waals surface area contributed by atoms with Crippen molar-refractivity contribution in [1.29, 1.82) is 0 Å². The molecule has 2 aromatic carbocycles. The molecule has 0 aliphatic rings. The third-order valence-corrected chi connectivity index (χ3v) is 3.17. The topological polar surface area (TPSA) is 48.6 Å². The highest BCUT2D eigenvalue weighted by Gasteiger charge is 2.10. The number of methoxy groups -OCH3 is 1. The molecular formula is C16H13F2N3O2. The van der Waals surface area contributed by atoms with Gasteiger partial charge in [-0.15, -0.1) is 0 Å². The average molecular weight is 317 g/mol. The second-order valence-corrected chi connectivity index (χ2v) is 4.61. The Balaban J connectivity index is 1.87. The molecule has 0 amide bonds. The van der Waals surface area contributed by atoms with E-state index in [-0.39, 0.29) is 11.5 Å². The maximum atomic E-state index is 12.3. The molecule has 3 rings (SSSR count). The molecule has 3 aromatic rings. The molecule has 5 nitrogen and oxygen atoms in total. The first-order valence-corrected chi connectivity index (χ1v) is 6.76. The van der Waals surface area contributed by atoms with Gasteiger partial charge in [-0.2, -0.15) is 13.9 Å². The third kappa shape index (κ3) is 3.28. The van der Waals surface area contributed by atoms with E-state index in [0.717, 1.165) is 11.0 Å². The lowest BCUT2D eigenvalue weighted by Crippen LogP contribution is -2.03. The Labute approximate surface area is 130 Å². The summed E-state index contributed by atoms with van der Waals surface area (Å²) < 4.78 is 35.7. The molecule has 0 bridgehead atoms. The van der Waals surface area contributed by atoms with Gasteiger partial charge in [0.1, 0.15) is 6.33 Å². The summed E-state index contributed by atoms with van der Waals surface area (Å²) in [6.45, 7) is -2.90. The molecule has 7 heteroatoms. The maximum Gasteiger partial charge on any atom is 0.387 e. The summed E-state index contributed by atoms with van der Waals surface area (Å²) in [6, 6.07) is 12.2. The van der Waals surface area contributed by atoms with Gasteiger partial charge < -0.3 is 9.47 Å². The standard InChI is InChI=1S/C16H13F2N3O2/c1-22-15-8-11(6-7-14(15)23-16(17)18)9-20-21-10-19-12-4-2-3-5-13(12)21/h2-10,16H,1H3/b20-9-. The monoisotopic (exact) mass is 317 g/mol. The Morgan fingerprint density at radius 2 is 2.00 bits per heavy atom. The third-order valence-electron chi connectivity index (χ3n) is 3.17. The molecule has 0 N–H and O–H groups in total. The van der Waals surface area contributed by atoms with Crippen LogP contribution >= 0.6 is 0 Å². The number of benzene rings is 2. The predicted molar refractivity (Wildman–Crippen MR) is 82.4 cm³/mol. The lowest BCUT2D eigenvalue weighted by molar-refractivity contribution is -0.0512. The SMILES string of the molecule is COc1cc(/C=N\n2cnc3ccccc32)ccc1OC(F)F. The number of rotatable bonds is 5. The zero-order chi connectivity index (χ0) is 16.2. The summed E-state index contributed by atoms with van der Waals surface area (Å²) in [7, 11) is 1.39. The van der Waals surface area contributed by atoms with E-state index in [9.17, 15) is 8.78 Å². The number of para-hydroxylation sites is 2. The quantitative estimate of drug-likeness (QED) is 0.676. The van der Waals surface area contributed by atoms with Crippen molar-refractivity contribution in [2.45, 2.75) is 6.61 Å². The van der Waals surface area contributed by atoms with Crippen molar-refractivity contribution >= 4 is 17.2 Å². The van der Waals surface area contributed by atoms with Crippen LogP contribution in [0.3, 0.4) is 0 Å². The van der Waals surface area contributed by atoms with Crippen molar-refractivity contribution in [3.05, 3.63) is 54.4 Å². The van der Waals surface area contributed by atoms with Gasteiger partial charge in [-0.05, 0) is 35.9 Å². The fourth-order valence-corrected chi connectivity index (χ4v) is 2.12. The van der Waals surface area contributed by atoms with Gasteiger partial charge in [-0.1, -0.05) is 12.1 Å². The van der Waals surface area contributed by atoms with Crippen LogP contribution in [0.1, 0.15) is 5.56 Å². The molecule has 0 unspecified atom stereocenters. The lowest BCUT2D eigenvalue weighted by atomic mass is 10.2. The van der Waals surface area contributed by atoms with Gasteiger partial charge in [0.25, 0.3) is 0 Å². The van der Waals surface area contributed by atoms with Gasteiger partial charge in [-0.3, -0.25) is 0 Å². The van der Waals surface area contributed by atoms with Crippen LogP contribution in [0.25, 0.3) is 11.0 Å². The Morgan fingerprint density at radius 3 is 2.78 bits per heavy atom. The van der Waals surface area contributed by atoms with Crippen LogP contribution in [0.2, 0.25) is 0 Å². The van der Waals surface area contributed by atoms with Crippen LogP contribution in [-0.4, -0.2) is 29.6 Å². The van der Waals surface area contributed by atoms with E-state index in [1.165, 1.54) is 13.2 Å². The fraction of sp³-hybridized carbons (Fsp3) is 0.125. The molecule has 1 aromatic heterocycles. The second-order valence-electron chi connectivity index (χ2n) is 4.61. The number of hydrogen-bond acceptors (Lipinski definition) is 4. The molecule has 0 aliphatic heterocycles. The number of alkyl halides is 2. The molecule has 0 saturated heterocycles. The van der Waals surface area contributed by atoms with Gasteiger partial charge in [0, 0.05) is 0 Å².